The fraction of sp³-hybridized carbons (Fsp3) is 1.00. The standard InChI is InChI=1S/C12H24N2/c1-11(12-5-6-12)13-7-10-14-8-3-2-4-9-14/h11-13H,2-10H2,1H3/t11-/m0/s1. The van der Waals surface area contributed by atoms with E-state index in [2.05, 4.69) is 17.1 Å². The summed E-state index contributed by atoms with van der Waals surface area (Å²) in [4.78, 5) is 2.61. The summed E-state index contributed by atoms with van der Waals surface area (Å²) in [6.07, 6.45) is 7.19. The van der Waals surface area contributed by atoms with Crippen LogP contribution in [0.2, 0.25) is 0 Å². The van der Waals surface area contributed by atoms with Gasteiger partial charge in [0.05, 0.1) is 0 Å². The van der Waals surface area contributed by atoms with Gasteiger partial charge in [0.2, 0.25) is 0 Å². The van der Waals surface area contributed by atoms with E-state index in [4.69, 9.17) is 0 Å². The Morgan fingerprint density at radius 3 is 2.57 bits per heavy atom. The molecule has 2 rings (SSSR count). The van der Waals surface area contributed by atoms with Crippen LogP contribution in [0.25, 0.3) is 0 Å². The molecule has 2 nitrogen and oxygen atoms in total. The molecule has 0 bridgehead atoms. The Morgan fingerprint density at radius 2 is 1.93 bits per heavy atom. The SMILES string of the molecule is C[C@H](NCCN1CCCCC1)C1CC1. The highest BCUT2D eigenvalue weighted by Gasteiger charge is 2.27. The summed E-state index contributed by atoms with van der Waals surface area (Å²) in [5.41, 5.74) is 0. The third kappa shape index (κ3) is 3.25. The molecular weight excluding hydrogens is 172 g/mol. The maximum atomic E-state index is 3.65. The van der Waals surface area contributed by atoms with Gasteiger partial charge in [-0.2, -0.15) is 0 Å². The second-order valence-corrected chi connectivity index (χ2v) is 4.98. The molecule has 82 valence electrons. The Labute approximate surface area is 88.1 Å². The maximum absolute atomic E-state index is 3.65. The molecule has 2 heteroatoms. The van der Waals surface area contributed by atoms with Crippen LogP contribution in [0.1, 0.15) is 39.0 Å². The van der Waals surface area contributed by atoms with E-state index in [1.54, 1.807) is 0 Å². The molecule has 0 aromatic heterocycles. The summed E-state index contributed by atoms with van der Waals surface area (Å²) in [5, 5.41) is 3.65. The van der Waals surface area contributed by atoms with Gasteiger partial charge in [-0.3, -0.25) is 0 Å². The molecule has 1 aliphatic heterocycles. The van der Waals surface area contributed by atoms with Gasteiger partial charge in [0.15, 0.2) is 0 Å². The average Bonchev–Trinajstić information content (AvgIpc) is 3.02. The van der Waals surface area contributed by atoms with Crippen LogP contribution in [0.15, 0.2) is 0 Å². The summed E-state index contributed by atoms with van der Waals surface area (Å²) >= 11 is 0. The number of nitrogens with one attached hydrogen (secondary N) is 1. The van der Waals surface area contributed by atoms with Gasteiger partial charge in [-0.05, 0) is 51.6 Å². The van der Waals surface area contributed by atoms with Gasteiger partial charge in [0, 0.05) is 19.1 Å². The van der Waals surface area contributed by atoms with Crippen molar-refractivity contribution in [3.05, 3.63) is 0 Å². The molecule has 2 fully saturated rings. The van der Waals surface area contributed by atoms with Crippen molar-refractivity contribution in [3.63, 3.8) is 0 Å². The van der Waals surface area contributed by atoms with E-state index >= 15 is 0 Å². The zero-order valence-corrected chi connectivity index (χ0v) is 9.47. The van der Waals surface area contributed by atoms with Crippen molar-refractivity contribution in [2.75, 3.05) is 26.2 Å². The van der Waals surface area contributed by atoms with Crippen LogP contribution in [0.4, 0.5) is 0 Å². The van der Waals surface area contributed by atoms with Crippen molar-refractivity contribution in [1.29, 1.82) is 0 Å². The quantitative estimate of drug-likeness (QED) is 0.722. The van der Waals surface area contributed by atoms with Gasteiger partial charge in [-0.25, -0.2) is 0 Å². The van der Waals surface area contributed by atoms with Crippen molar-refractivity contribution in [2.45, 2.75) is 45.1 Å². The molecule has 2 aliphatic rings. The van der Waals surface area contributed by atoms with E-state index in [-0.39, 0.29) is 0 Å². The Kier molecular flexibility index (Phi) is 3.82. The lowest BCUT2D eigenvalue weighted by Gasteiger charge is -2.27. The third-order valence-corrected chi connectivity index (χ3v) is 3.67. The highest BCUT2D eigenvalue weighted by atomic mass is 15.1. The molecule has 1 aliphatic carbocycles. The molecule has 0 aromatic rings. The number of piperidine rings is 1. The Morgan fingerprint density at radius 1 is 1.21 bits per heavy atom. The van der Waals surface area contributed by atoms with E-state index < -0.39 is 0 Å². The molecule has 0 unspecified atom stereocenters. The van der Waals surface area contributed by atoms with E-state index in [0.717, 1.165) is 12.0 Å². The summed E-state index contributed by atoms with van der Waals surface area (Å²) in [5.74, 6) is 0.997. The van der Waals surface area contributed by atoms with Crippen LogP contribution in [0.5, 0.6) is 0 Å². The van der Waals surface area contributed by atoms with Crippen LogP contribution in [-0.4, -0.2) is 37.1 Å². The molecule has 0 radical (unpaired) electrons. The second kappa shape index (κ2) is 5.13. The van der Waals surface area contributed by atoms with Gasteiger partial charge in [0.25, 0.3) is 0 Å². The first-order valence-corrected chi connectivity index (χ1v) is 6.32. The minimum atomic E-state index is 0.764. The fourth-order valence-electron chi connectivity index (χ4n) is 2.40. The Balaban J connectivity index is 1.52. The van der Waals surface area contributed by atoms with Crippen LogP contribution < -0.4 is 5.32 Å². The van der Waals surface area contributed by atoms with E-state index in [1.165, 1.54) is 58.3 Å². The normalized spacial score (nSPS) is 26.4. The zero-order valence-electron chi connectivity index (χ0n) is 9.47. The lowest BCUT2D eigenvalue weighted by Crippen LogP contribution is -2.39. The lowest BCUT2D eigenvalue weighted by atomic mass is 10.1. The van der Waals surface area contributed by atoms with E-state index in [0.29, 0.717) is 0 Å². The number of rotatable bonds is 5. The van der Waals surface area contributed by atoms with Crippen molar-refractivity contribution >= 4 is 0 Å². The molecule has 1 saturated heterocycles. The van der Waals surface area contributed by atoms with Crippen molar-refractivity contribution < 1.29 is 0 Å². The summed E-state index contributed by atoms with van der Waals surface area (Å²) in [6.45, 7) is 7.46. The van der Waals surface area contributed by atoms with Crippen LogP contribution >= 0.6 is 0 Å². The first-order valence-electron chi connectivity index (χ1n) is 6.32. The molecule has 1 N–H and O–H groups in total. The van der Waals surface area contributed by atoms with Gasteiger partial charge in [-0.15, -0.1) is 0 Å². The second-order valence-electron chi connectivity index (χ2n) is 4.98. The van der Waals surface area contributed by atoms with Crippen LogP contribution in [0, 0.1) is 5.92 Å². The van der Waals surface area contributed by atoms with Crippen LogP contribution in [-0.2, 0) is 0 Å². The average molecular weight is 196 g/mol. The Hall–Kier alpha value is -0.0800. The maximum Gasteiger partial charge on any atom is 0.0107 e. The van der Waals surface area contributed by atoms with E-state index in [9.17, 15) is 0 Å². The largest absolute Gasteiger partial charge is 0.313 e. The molecular formula is C12H24N2. The first kappa shape index (κ1) is 10.4. The summed E-state index contributed by atoms with van der Waals surface area (Å²) < 4.78 is 0. The summed E-state index contributed by atoms with van der Waals surface area (Å²) in [7, 11) is 0. The number of likely N-dealkylation sites (tertiary alicyclic amines) is 1. The highest BCUT2D eigenvalue weighted by Crippen LogP contribution is 2.32. The number of nitrogens with zero attached hydrogens (tertiary/aromatic N) is 1. The predicted molar refractivity (Wildman–Crippen MR) is 60.5 cm³/mol. The smallest absolute Gasteiger partial charge is 0.0107 e. The highest BCUT2D eigenvalue weighted by molar-refractivity contribution is 4.83. The summed E-state index contributed by atoms with van der Waals surface area (Å²) in [6, 6.07) is 0.764. The zero-order chi connectivity index (χ0) is 9.80. The van der Waals surface area contributed by atoms with Gasteiger partial charge >= 0.3 is 0 Å². The van der Waals surface area contributed by atoms with Gasteiger partial charge < -0.3 is 10.2 Å². The van der Waals surface area contributed by atoms with Gasteiger partial charge in [-0.1, -0.05) is 6.42 Å². The molecule has 1 saturated carbocycles. The predicted octanol–water partition coefficient (Wildman–Crippen LogP) is 1.86. The topological polar surface area (TPSA) is 15.3 Å². The molecule has 1 heterocycles. The molecule has 1 atom stereocenters. The first-order chi connectivity index (χ1) is 6.86. The van der Waals surface area contributed by atoms with Crippen molar-refractivity contribution in [1.82, 2.24) is 10.2 Å². The van der Waals surface area contributed by atoms with Crippen molar-refractivity contribution in [3.8, 4) is 0 Å². The van der Waals surface area contributed by atoms with Gasteiger partial charge in [0.1, 0.15) is 0 Å². The molecule has 14 heavy (non-hydrogen) atoms. The number of hydrogen-bond donors (Lipinski definition) is 1. The third-order valence-electron chi connectivity index (χ3n) is 3.67. The lowest BCUT2D eigenvalue weighted by molar-refractivity contribution is 0.226. The fourth-order valence-corrected chi connectivity index (χ4v) is 2.40. The minimum absolute atomic E-state index is 0.764. The molecule has 0 spiro atoms. The van der Waals surface area contributed by atoms with E-state index in [1.807, 2.05) is 0 Å². The molecule has 0 amide bonds. The molecule has 0 aromatic carbocycles. The Bertz CT molecular complexity index is 160. The van der Waals surface area contributed by atoms with Crippen molar-refractivity contribution in [2.24, 2.45) is 5.92 Å². The minimum Gasteiger partial charge on any atom is -0.313 e. The van der Waals surface area contributed by atoms with Crippen LogP contribution in [0.3, 0.4) is 0 Å². The monoisotopic (exact) mass is 196 g/mol. The number of hydrogen-bond acceptors (Lipinski definition) is 2.